The molecular formula is C8H5BrFN3S. The molecule has 0 aliphatic heterocycles. The van der Waals surface area contributed by atoms with Gasteiger partial charge in [0.05, 0.1) is 5.56 Å². The van der Waals surface area contributed by atoms with Crippen LogP contribution in [0.1, 0.15) is 0 Å². The van der Waals surface area contributed by atoms with E-state index in [1.54, 1.807) is 12.1 Å². The summed E-state index contributed by atoms with van der Waals surface area (Å²) in [7, 11) is 0. The molecule has 1 heterocycles. The molecule has 2 aromatic rings. The van der Waals surface area contributed by atoms with Crippen LogP contribution in [0.3, 0.4) is 0 Å². The van der Waals surface area contributed by atoms with Gasteiger partial charge >= 0.3 is 0 Å². The van der Waals surface area contributed by atoms with Crippen LogP contribution in [-0.4, -0.2) is 15.2 Å². The molecule has 0 saturated carbocycles. The molecule has 1 aromatic heterocycles. The van der Waals surface area contributed by atoms with Crippen LogP contribution in [0.15, 0.2) is 22.7 Å². The van der Waals surface area contributed by atoms with Gasteiger partial charge in [-0.05, 0) is 40.3 Å². The van der Waals surface area contributed by atoms with Gasteiger partial charge in [-0.2, -0.15) is 4.98 Å². The largest absolute Gasteiger partial charge is 0.282 e. The maximum Gasteiger partial charge on any atom is 0.213 e. The van der Waals surface area contributed by atoms with E-state index >= 15 is 0 Å². The molecular weight excluding hydrogens is 269 g/mol. The molecule has 0 fully saturated rings. The zero-order chi connectivity index (χ0) is 10.1. The average molecular weight is 274 g/mol. The lowest BCUT2D eigenvalue weighted by Crippen LogP contribution is -1.87. The van der Waals surface area contributed by atoms with Gasteiger partial charge in [-0.3, -0.25) is 10.2 Å². The van der Waals surface area contributed by atoms with Crippen LogP contribution in [-0.2, 0) is 0 Å². The van der Waals surface area contributed by atoms with Crippen LogP contribution < -0.4 is 0 Å². The first-order valence-corrected chi connectivity index (χ1v) is 4.97. The van der Waals surface area contributed by atoms with Gasteiger partial charge in [0.25, 0.3) is 0 Å². The molecule has 0 radical (unpaired) electrons. The predicted molar refractivity (Wildman–Crippen MR) is 56.9 cm³/mol. The van der Waals surface area contributed by atoms with E-state index in [2.05, 4.69) is 31.1 Å². The predicted octanol–water partition coefficient (Wildman–Crippen LogP) is 3.04. The highest BCUT2D eigenvalue weighted by Crippen LogP contribution is 2.27. The van der Waals surface area contributed by atoms with Gasteiger partial charge in [-0.1, -0.05) is 6.07 Å². The first kappa shape index (κ1) is 9.54. The number of hydrogen-bond acceptors (Lipinski definition) is 2. The molecule has 1 aromatic carbocycles. The van der Waals surface area contributed by atoms with Crippen LogP contribution in [0.4, 0.5) is 4.39 Å². The highest BCUT2D eigenvalue weighted by molar-refractivity contribution is 9.10. The second-order valence-corrected chi connectivity index (χ2v) is 3.85. The topological polar surface area (TPSA) is 44.5 Å². The average Bonchev–Trinajstić information content (AvgIpc) is 2.51. The van der Waals surface area contributed by atoms with E-state index in [0.29, 0.717) is 20.6 Å². The Balaban J connectivity index is 2.67. The quantitative estimate of drug-likeness (QED) is 0.785. The van der Waals surface area contributed by atoms with Gasteiger partial charge in [0.1, 0.15) is 5.82 Å². The number of aromatic nitrogens is 3. The summed E-state index contributed by atoms with van der Waals surface area (Å²) in [6.07, 6.45) is 0. The summed E-state index contributed by atoms with van der Waals surface area (Å²) >= 11 is 8.03. The van der Waals surface area contributed by atoms with Gasteiger partial charge < -0.3 is 0 Å². The van der Waals surface area contributed by atoms with Crippen LogP contribution >= 0.6 is 28.1 Å². The number of halogens is 2. The molecule has 0 amide bonds. The minimum absolute atomic E-state index is 0.301. The molecule has 14 heavy (non-hydrogen) atoms. The number of nitrogens with zero attached hydrogens (tertiary/aromatic N) is 1. The Morgan fingerprint density at radius 1 is 1.36 bits per heavy atom. The smallest absolute Gasteiger partial charge is 0.213 e. The summed E-state index contributed by atoms with van der Waals surface area (Å²) in [5.41, 5.74) is 0.375. The van der Waals surface area contributed by atoms with Crippen LogP contribution in [0, 0.1) is 10.6 Å². The molecule has 2 rings (SSSR count). The highest BCUT2D eigenvalue weighted by Gasteiger charge is 2.11. The minimum Gasteiger partial charge on any atom is -0.282 e. The Bertz CT molecular complexity index is 499. The summed E-state index contributed by atoms with van der Waals surface area (Å²) in [4.78, 5) is 3.94. The standard InChI is InChI=1S/C8H5BrFN3S/c9-4-2-1-3-5(10)6(4)7-11-8(14)13-12-7/h1-3H,(H2,11,12,13,14). The van der Waals surface area contributed by atoms with Crippen molar-refractivity contribution in [1.29, 1.82) is 0 Å². The van der Waals surface area contributed by atoms with Crippen LogP contribution in [0.5, 0.6) is 0 Å². The lowest BCUT2D eigenvalue weighted by molar-refractivity contribution is 0.629. The zero-order valence-corrected chi connectivity index (χ0v) is 9.25. The van der Waals surface area contributed by atoms with Gasteiger partial charge in [0.15, 0.2) is 5.82 Å². The molecule has 0 bridgehead atoms. The van der Waals surface area contributed by atoms with Gasteiger partial charge in [-0.15, -0.1) is 0 Å². The Labute approximate surface area is 92.5 Å². The summed E-state index contributed by atoms with van der Waals surface area (Å²) in [6.45, 7) is 0. The lowest BCUT2D eigenvalue weighted by atomic mass is 10.2. The molecule has 3 nitrogen and oxygen atoms in total. The fourth-order valence-electron chi connectivity index (χ4n) is 1.11. The van der Waals surface area contributed by atoms with Crippen molar-refractivity contribution in [2.24, 2.45) is 0 Å². The van der Waals surface area contributed by atoms with E-state index in [0.717, 1.165) is 0 Å². The van der Waals surface area contributed by atoms with Gasteiger partial charge in [-0.25, -0.2) is 4.39 Å². The molecule has 0 spiro atoms. The van der Waals surface area contributed by atoms with Crippen LogP contribution in [0.25, 0.3) is 11.4 Å². The van der Waals surface area contributed by atoms with E-state index in [-0.39, 0.29) is 5.82 Å². The maximum absolute atomic E-state index is 13.4. The Hall–Kier alpha value is -1.01. The molecule has 0 saturated heterocycles. The number of benzene rings is 1. The van der Waals surface area contributed by atoms with Crippen molar-refractivity contribution >= 4 is 28.1 Å². The molecule has 0 aliphatic carbocycles. The van der Waals surface area contributed by atoms with Gasteiger partial charge in [0.2, 0.25) is 4.77 Å². The Morgan fingerprint density at radius 3 is 2.71 bits per heavy atom. The second kappa shape index (κ2) is 3.62. The van der Waals surface area contributed by atoms with E-state index in [9.17, 15) is 4.39 Å². The second-order valence-electron chi connectivity index (χ2n) is 2.61. The number of rotatable bonds is 1. The van der Waals surface area contributed by atoms with E-state index in [4.69, 9.17) is 12.2 Å². The van der Waals surface area contributed by atoms with Crippen molar-refractivity contribution in [2.45, 2.75) is 0 Å². The maximum atomic E-state index is 13.4. The van der Waals surface area contributed by atoms with E-state index in [1.807, 2.05) is 0 Å². The van der Waals surface area contributed by atoms with Crippen molar-refractivity contribution < 1.29 is 4.39 Å². The molecule has 2 N–H and O–H groups in total. The third-order valence-corrected chi connectivity index (χ3v) is 2.55. The van der Waals surface area contributed by atoms with Gasteiger partial charge in [0, 0.05) is 4.47 Å². The van der Waals surface area contributed by atoms with Crippen molar-refractivity contribution in [3.63, 3.8) is 0 Å². The van der Waals surface area contributed by atoms with Crippen molar-refractivity contribution in [1.82, 2.24) is 15.2 Å². The van der Waals surface area contributed by atoms with E-state index < -0.39 is 0 Å². The molecule has 72 valence electrons. The van der Waals surface area contributed by atoms with Crippen molar-refractivity contribution in [3.05, 3.63) is 33.3 Å². The fraction of sp³-hybridized carbons (Fsp3) is 0. The fourth-order valence-corrected chi connectivity index (χ4v) is 1.78. The minimum atomic E-state index is -0.350. The third kappa shape index (κ3) is 1.62. The number of nitrogens with one attached hydrogen (secondary N) is 2. The number of aromatic amines is 2. The SMILES string of the molecule is Fc1cccc(Br)c1-c1nc(=S)[nH][nH]1. The van der Waals surface area contributed by atoms with E-state index in [1.165, 1.54) is 6.07 Å². The Kier molecular flexibility index (Phi) is 2.47. The number of H-pyrrole nitrogens is 2. The molecule has 0 unspecified atom stereocenters. The summed E-state index contributed by atoms with van der Waals surface area (Å²) in [5.74, 6) is 0.0390. The number of hydrogen-bond donors (Lipinski definition) is 2. The first-order chi connectivity index (χ1) is 6.68. The lowest BCUT2D eigenvalue weighted by Gasteiger charge is -2.00. The normalized spacial score (nSPS) is 10.4. The molecule has 6 heteroatoms. The Morgan fingerprint density at radius 2 is 2.14 bits per heavy atom. The van der Waals surface area contributed by atoms with Crippen molar-refractivity contribution in [2.75, 3.05) is 0 Å². The summed E-state index contributed by atoms with van der Waals surface area (Å²) < 4.78 is 14.3. The highest BCUT2D eigenvalue weighted by atomic mass is 79.9. The summed E-state index contributed by atoms with van der Waals surface area (Å²) in [5, 5.41) is 5.31. The third-order valence-electron chi connectivity index (χ3n) is 1.70. The van der Waals surface area contributed by atoms with Crippen molar-refractivity contribution in [3.8, 4) is 11.4 Å². The van der Waals surface area contributed by atoms with Crippen LogP contribution in [0.2, 0.25) is 0 Å². The molecule has 0 atom stereocenters. The first-order valence-electron chi connectivity index (χ1n) is 3.77. The monoisotopic (exact) mass is 273 g/mol. The summed E-state index contributed by atoms with van der Waals surface area (Å²) in [6, 6.07) is 4.72. The zero-order valence-electron chi connectivity index (χ0n) is 6.84. The molecule has 0 aliphatic rings.